The molecule has 2 heterocycles. The van der Waals surface area contributed by atoms with E-state index in [2.05, 4.69) is 15.3 Å². The molecule has 0 saturated carbocycles. The van der Waals surface area contributed by atoms with Crippen LogP contribution in [-0.4, -0.2) is 23.0 Å². The quantitative estimate of drug-likeness (QED) is 0.770. The number of carbonyl (C=O) groups excluding carboxylic acids is 1. The number of methoxy groups -OCH3 is 1. The fourth-order valence-electron chi connectivity index (χ4n) is 2.27. The smallest absolute Gasteiger partial charge is 0.253 e. The van der Waals surface area contributed by atoms with Gasteiger partial charge in [-0.25, -0.2) is 0 Å². The van der Waals surface area contributed by atoms with E-state index in [1.165, 1.54) is 0 Å². The van der Waals surface area contributed by atoms with Crippen molar-refractivity contribution >= 4 is 16.8 Å². The van der Waals surface area contributed by atoms with Crippen molar-refractivity contribution in [1.82, 2.24) is 15.3 Å². The van der Waals surface area contributed by atoms with Crippen molar-refractivity contribution in [2.75, 3.05) is 7.11 Å². The Morgan fingerprint density at radius 1 is 1.22 bits per heavy atom. The predicted octanol–water partition coefficient (Wildman–Crippen LogP) is 1.86. The van der Waals surface area contributed by atoms with Gasteiger partial charge in [0.25, 0.3) is 11.5 Å². The van der Waals surface area contributed by atoms with Gasteiger partial charge >= 0.3 is 0 Å². The molecule has 0 aliphatic carbocycles. The topological polar surface area (TPSA) is 84.1 Å². The highest BCUT2D eigenvalue weighted by molar-refractivity contribution is 5.94. The van der Waals surface area contributed by atoms with Gasteiger partial charge in [-0.05, 0) is 36.4 Å². The molecule has 0 spiro atoms. The Labute approximate surface area is 132 Å². The molecule has 3 rings (SSSR count). The van der Waals surface area contributed by atoms with Crippen LogP contribution in [0.1, 0.15) is 15.9 Å². The van der Waals surface area contributed by atoms with Gasteiger partial charge in [0.15, 0.2) is 0 Å². The first kappa shape index (κ1) is 14.8. The summed E-state index contributed by atoms with van der Waals surface area (Å²) in [5.41, 5.74) is 1.48. The first-order valence-electron chi connectivity index (χ1n) is 7.05. The first-order chi connectivity index (χ1) is 11.2. The molecule has 1 aromatic carbocycles. The van der Waals surface area contributed by atoms with Crippen LogP contribution in [-0.2, 0) is 6.54 Å². The summed E-state index contributed by atoms with van der Waals surface area (Å²) in [7, 11) is 1.59. The van der Waals surface area contributed by atoms with Crippen LogP contribution >= 0.6 is 0 Å². The summed E-state index contributed by atoms with van der Waals surface area (Å²) in [6, 6.07) is 10.4. The van der Waals surface area contributed by atoms with Crippen molar-refractivity contribution in [3.8, 4) is 5.75 Å². The molecule has 0 unspecified atom stereocenters. The molecule has 6 nitrogen and oxygen atoms in total. The Bertz CT molecular complexity index is 904. The van der Waals surface area contributed by atoms with Gasteiger partial charge in [0, 0.05) is 41.0 Å². The summed E-state index contributed by atoms with van der Waals surface area (Å²) in [5, 5.41) is 3.58. The second-order valence-corrected chi connectivity index (χ2v) is 5.00. The normalized spacial score (nSPS) is 10.5. The van der Waals surface area contributed by atoms with Crippen molar-refractivity contribution in [3.63, 3.8) is 0 Å². The van der Waals surface area contributed by atoms with E-state index >= 15 is 0 Å². The number of H-pyrrole nitrogens is 1. The fraction of sp³-hybridized carbons (Fsp3) is 0.118. The van der Waals surface area contributed by atoms with E-state index in [0.29, 0.717) is 16.9 Å². The zero-order chi connectivity index (χ0) is 16.2. The molecule has 116 valence electrons. The molecule has 0 radical (unpaired) electrons. The monoisotopic (exact) mass is 309 g/mol. The lowest BCUT2D eigenvalue weighted by molar-refractivity contribution is 0.0950. The van der Waals surface area contributed by atoms with Crippen LogP contribution in [0.2, 0.25) is 0 Å². The Balaban J connectivity index is 1.83. The number of ether oxygens (including phenoxy) is 1. The number of fused-ring (bicyclic) bond motifs is 1. The number of aromatic amines is 1. The highest BCUT2D eigenvalue weighted by Gasteiger charge is 2.08. The van der Waals surface area contributed by atoms with Gasteiger partial charge in [0.2, 0.25) is 0 Å². The van der Waals surface area contributed by atoms with Crippen LogP contribution in [0, 0.1) is 0 Å². The van der Waals surface area contributed by atoms with Crippen LogP contribution in [0.15, 0.2) is 53.6 Å². The molecule has 6 heteroatoms. The van der Waals surface area contributed by atoms with E-state index in [0.717, 1.165) is 10.9 Å². The summed E-state index contributed by atoms with van der Waals surface area (Å²) in [6.45, 7) is 0.142. The number of benzene rings is 1. The lowest BCUT2D eigenvalue weighted by Gasteiger charge is -2.07. The molecule has 0 saturated heterocycles. The number of carbonyl (C=O) groups is 1. The van der Waals surface area contributed by atoms with Crippen LogP contribution in [0.5, 0.6) is 5.75 Å². The maximum atomic E-state index is 12.1. The SMILES string of the molecule is COc1ccc2[nH]c(=O)c(CNC(=O)c3ccncc3)cc2c1. The molecule has 2 N–H and O–H groups in total. The third-order valence-corrected chi connectivity index (χ3v) is 3.51. The Hall–Kier alpha value is -3.15. The number of nitrogens with one attached hydrogen (secondary N) is 2. The van der Waals surface area contributed by atoms with Crippen molar-refractivity contribution < 1.29 is 9.53 Å². The largest absolute Gasteiger partial charge is 0.497 e. The molecule has 0 aliphatic rings. The second-order valence-electron chi connectivity index (χ2n) is 5.00. The average molecular weight is 309 g/mol. The van der Waals surface area contributed by atoms with E-state index in [1.54, 1.807) is 49.8 Å². The van der Waals surface area contributed by atoms with Crippen LogP contribution in [0.4, 0.5) is 0 Å². The summed E-state index contributed by atoms with van der Waals surface area (Å²) >= 11 is 0. The maximum absolute atomic E-state index is 12.1. The number of hydrogen-bond donors (Lipinski definition) is 2. The van der Waals surface area contributed by atoms with Crippen molar-refractivity contribution in [1.29, 1.82) is 0 Å². The van der Waals surface area contributed by atoms with E-state index in [9.17, 15) is 9.59 Å². The number of aromatic nitrogens is 2. The van der Waals surface area contributed by atoms with Gasteiger partial charge < -0.3 is 15.0 Å². The predicted molar refractivity (Wildman–Crippen MR) is 86.5 cm³/mol. The fourth-order valence-corrected chi connectivity index (χ4v) is 2.27. The number of nitrogens with zero attached hydrogens (tertiary/aromatic N) is 1. The molecule has 0 atom stereocenters. The van der Waals surface area contributed by atoms with Gasteiger partial charge in [-0.2, -0.15) is 0 Å². The van der Waals surface area contributed by atoms with Gasteiger partial charge in [-0.15, -0.1) is 0 Å². The third kappa shape index (κ3) is 3.21. The Kier molecular flexibility index (Phi) is 4.05. The number of hydrogen-bond acceptors (Lipinski definition) is 4. The Morgan fingerprint density at radius 2 is 2.00 bits per heavy atom. The van der Waals surface area contributed by atoms with Gasteiger partial charge in [-0.3, -0.25) is 14.6 Å². The van der Waals surface area contributed by atoms with Crippen molar-refractivity contribution in [3.05, 3.63) is 70.3 Å². The Morgan fingerprint density at radius 3 is 2.74 bits per heavy atom. The minimum atomic E-state index is -0.252. The van der Waals surface area contributed by atoms with E-state index in [1.807, 2.05) is 6.07 Å². The van der Waals surface area contributed by atoms with Crippen LogP contribution in [0.3, 0.4) is 0 Å². The first-order valence-corrected chi connectivity index (χ1v) is 7.05. The molecule has 1 amide bonds. The summed E-state index contributed by atoms with van der Waals surface area (Å²) in [5.74, 6) is 0.453. The standard InChI is InChI=1S/C17H15N3O3/c1-23-14-2-3-15-12(9-14)8-13(17(22)20-15)10-19-16(21)11-4-6-18-7-5-11/h2-9H,10H2,1H3,(H,19,21)(H,20,22). The summed E-state index contributed by atoms with van der Waals surface area (Å²) in [6.07, 6.45) is 3.09. The van der Waals surface area contributed by atoms with Gasteiger partial charge in [0.1, 0.15) is 5.75 Å². The van der Waals surface area contributed by atoms with Crippen LogP contribution < -0.4 is 15.6 Å². The molecule has 0 fully saturated rings. The summed E-state index contributed by atoms with van der Waals surface area (Å²) < 4.78 is 5.18. The molecule has 23 heavy (non-hydrogen) atoms. The van der Waals surface area contributed by atoms with E-state index in [4.69, 9.17) is 4.74 Å². The van der Waals surface area contributed by atoms with Crippen molar-refractivity contribution in [2.24, 2.45) is 0 Å². The zero-order valence-electron chi connectivity index (χ0n) is 12.5. The molecule has 2 aromatic heterocycles. The third-order valence-electron chi connectivity index (χ3n) is 3.51. The lowest BCUT2D eigenvalue weighted by atomic mass is 10.1. The van der Waals surface area contributed by atoms with Gasteiger partial charge in [0.05, 0.1) is 7.11 Å². The van der Waals surface area contributed by atoms with Crippen molar-refractivity contribution in [2.45, 2.75) is 6.54 Å². The van der Waals surface area contributed by atoms with Gasteiger partial charge in [-0.1, -0.05) is 0 Å². The highest BCUT2D eigenvalue weighted by Crippen LogP contribution is 2.18. The molecule has 0 aliphatic heterocycles. The number of rotatable bonds is 4. The number of pyridine rings is 2. The second kappa shape index (κ2) is 6.31. The minimum absolute atomic E-state index is 0.142. The highest BCUT2D eigenvalue weighted by atomic mass is 16.5. The molecule has 0 bridgehead atoms. The van der Waals surface area contributed by atoms with Crippen LogP contribution in [0.25, 0.3) is 10.9 Å². The minimum Gasteiger partial charge on any atom is -0.497 e. The molecular weight excluding hydrogens is 294 g/mol. The molecule has 3 aromatic rings. The molecular formula is C17H15N3O3. The number of amides is 1. The zero-order valence-corrected chi connectivity index (χ0v) is 12.5. The maximum Gasteiger partial charge on any atom is 0.253 e. The lowest BCUT2D eigenvalue weighted by Crippen LogP contribution is -2.26. The summed E-state index contributed by atoms with van der Waals surface area (Å²) in [4.78, 5) is 30.8. The van der Waals surface area contributed by atoms with E-state index < -0.39 is 0 Å². The van der Waals surface area contributed by atoms with E-state index in [-0.39, 0.29) is 18.0 Å². The average Bonchev–Trinajstić information content (AvgIpc) is 2.60.